The van der Waals surface area contributed by atoms with E-state index in [2.05, 4.69) is 40.9 Å². The fourth-order valence-corrected chi connectivity index (χ4v) is 3.30. The average molecular weight is 271 g/mol. The van der Waals surface area contributed by atoms with Crippen molar-refractivity contribution in [1.29, 1.82) is 0 Å². The molecule has 0 unspecified atom stereocenters. The molecule has 1 aliphatic rings. The van der Waals surface area contributed by atoms with Gasteiger partial charge in [-0.25, -0.2) is 0 Å². The van der Waals surface area contributed by atoms with Crippen LogP contribution < -0.4 is 5.73 Å². The zero-order valence-corrected chi connectivity index (χ0v) is 12.4. The number of benzene rings is 1. The molecule has 1 aromatic carbocycles. The van der Waals surface area contributed by atoms with Crippen LogP contribution >= 0.6 is 0 Å². The van der Waals surface area contributed by atoms with Gasteiger partial charge in [-0.3, -0.25) is 4.90 Å². The smallest absolute Gasteiger partial charge is 0.0484 e. The number of rotatable bonds is 3. The molecule has 0 atom stereocenters. The molecular weight excluding hydrogens is 246 g/mol. The molecule has 108 valence electrons. The minimum Gasteiger partial charge on any atom is -0.350 e. The number of nitrogens with two attached hydrogens (primary N) is 1. The third-order valence-electron chi connectivity index (χ3n) is 4.47. The van der Waals surface area contributed by atoms with Crippen LogP contribution in [0.15, 0.2) is 24.4 Å². The minimum absolute atomic E-state index is 0.614. The summed E-state index contributed by atoms with van der Waals surface area (Å²) in [6, 6.07) is 6.63. The lowest BCUT2D eigenvalue weighted by molar-refractivity contribution is 0.278. The fourth-order valence-electron chi connectivity index (χ4n) is 3.30. The van der Waals surface area contributed by atoms with Crippen molar-refractivity contribution in [2.24, 2.45) is 12.8 Å². The number of fused-ring (bicyclic) bond motifs is 1. The molecule has 0 radical (unpaired) electrons. The molecule has 0 aliphatic carbocycles. The fraction of sp³-hybridized carbons (Fsp3) is 0.529. The van der Waals surface area contributed by atoms with Crippen LogP contribution in [0.1, 0.15) is 36.8 Å². The third-order valence-corrected chi connectivity index (χ3v) is 4.47. The molecule has 0 spiro atoms. The summed E-state index contributed by atoms with van der Waals surface area (Å²) in [6.07, 6.45) is 7.78. The quantitative estimate of drug-likeness (QED) is 0.931. The number of likely N-dealkylation sites (tertiary alicyclic amines) is 1. The highest BCUT2D eigenvalue weighted by molar-refractivity contribution is 5.84. The molecule has 2 heterocycles. The molecule has 1 aromatic heterocycles. The van der Waals surface area contributed by atoms with Gasteiger partial charge >= 0.3 is 0 Å². The van der Waals surface area contributed by atoms with E-state index in [1.807, 2.05) is 0 Å². The van der Waals surface area contributed by atoms with E-state index in [4.69, 9.17) is 5.73 Å². The maximum absolute atomic E-state index is 5.75. The van der Waals surface area contributed by atoms with Crippen LogP contribution in [0.4, 0.5) is 0 Å². The number of aromatic nitrogens is 1. The summed E-state index contributed by atoms with van der Waals surface area (Å²) in [5.41, 5.74) is 9.71. The molecule has 3 rings (SSSR count). The Hall–Kier alpha value is -1.32. The Kier molecular flexibility index (Phi) is 4.08. The summed E-state index contributed by atoms with van der Waals surface area (Å²) in [7, 11) is 2.13. The molecule has 0 amide bonds. The van der Waals surface area contributed by atoms with E-state index in [0.29, 0.717) is 6.54 Å². The maximum atomic E-state index is 5.75. The topological polar surface area (TPSA) is 34.2 Å². The van der Waals surface area contributed by atoms with E-state index in [1.165, 1.54) is 60.8 Å². The molecule has 1 aliphatic heterocycles. The Labute approximate surface area is 121 Å². The van der Waals surface area contributed by atoms with Crippen LogP contribution in [0.25, 0.3) is 10.9 Å². The van der Waals surface area contributed by atoms with Gasteiger partial charge < -0.3 is 10.3 Å². The van der Waals surface area contributed by atoms with Crippen molar-refractivity contribution in [1.82, 2.24) is 9.47 Å². The van der Waals surface area contributed by atoms with E-state index in [0.717, 1.165) is 6.54 Å². The van der Waals surface area contributed by atoms with Gasteiger partial charge in [0, 0.05) is 37.2 Å². The van der Waals surface area contributed by atoms with Crippen LogP contribution in [0.3, 0.4) is 0 Å². The van der Waals surface area contributed by atoms with Gasteiger partial charge in [-0.15, -0.1) is 0 Å². The van der Waals surface area contributed by atoms with E-state index in [9.17, 15) is 0 Å². The highest BCUT2D eigenvalue weighted by atomic mass is 15.1. The number of nitrogens with zero attached hydrogens (tertiary/aromatic N) is 2. The van der Waals surface area contributed by atoms with E-state index in [-0.39, 0.29) is 0 Å². The minimum atomic E-state index is 0.614. The summed E-state index contributed by atoms with van der Waals surface area (Å²) in [5.74, 6) is 0. The number of aryl methyl sites for hydroxylation is 1. The summed E-state index contributed by atoms with van der Waals surface area (Å²) in [4.78, 5) is 2.61. The summed E-state index contributed by atoms with van der Waals surface area (Å²) >= 11 is 0. The number of hydrogen-bond donors (Lipinski definition) is 1. The second-order valence-corrected chi connectivity index (χ2v) is 6.01. The summed E-state index contributed by atoms with van der Waals surface area (Å²) in [6.45, 7) is 4.19. The van der Waals surface area contributed by atoms with Gasteiger partial charge in [0.25, 0.3) is 0 Å². The normalized spacial score (nSPS) is 17.5. The molecule has 20 heavy (non-hydrogen) atoms. The zero-order valence-electron chi connectivity index (χ0n) is 12.4. The van der Waals surface area contributed by atoms with Crippen LogP contribution in [0.5, 0.6) is 0 Å². The SMILES string of the molecule is Cn1cc(CN2CCCCCC2)c2ccc(CN)cc21. The highest BCUT2D eigenvalue weighted by Crippen LogP contribution is 2.24. The highest BCUT2D eigenvalue weighted by Gasteiger charge is 2.13. The molecule has 1 saturated heterocycles. The lowest BCUT2D eigenvalue weighted by atomic mass is 10.1. The third kappa shape index (κ3) is 2.74. The standard InChI is InChI=1S/C17H25N3/c1-19-12-15(13-20-8-4-2-3-5-9-20)16-7-6-14(11-18)10-17(16)19/h6-7,10,12H,2-5,8-9,11,13,18H2,1H3. The Balaban J connectivity index is 1.87. The predicted octanol–water partition coefficient (Wildman–Crippen LogP) is 3.01. The van der Waals surface area contributed by atoms with Crippen LogP contribution in [0.2, 0.25) is 0 Å². The molecule has 2 aromatic rings. The average Bonchev–Trinajstić information content (AvgIpc) is 2.66. The van der Waals surface area contributed by atoms with Gasteiger partial charge in [-0.05, 0) is 43.1 Å². The van der Waals surface area contributed by atoms with E-state index in [1.54, 1.807) is 0 Å². The second-order valence-electron chi connectivity index (χ2n) is 6.01. The molecule has 3 nitrogen and oxygen atoms in total. The Morgan fingerprint density at radius 3 is 2.55 bits per heavy atom. The zero-order chi connectivity index (χ0) is 13.9. The van der Waals surface area contributed by atoms with Crippen molar-refractivity contribution in [2.45, 2.75) is 38.8 Å². The van der Waals surface area contributed by atoms with Crippen LogP contribution in [-0.4, -0.2) is 22.6 Å². The maximum Gasteiger partial charge on any atom is 0.0484 e. The lowest BCUT2D eigenvalue weighted by Crippen LogP contribution is -2.23. The van der Waals surface area contributed by atoms with Crippen molar-refractivity contribution < 1.29 is 0 Å². The Morgan fingerprint density at radius 1 is 1.10 bits per heavy atom. The first-order valence-corrected chi connectivity index (χ1v) is 7.77. The summed E-state index contributed by atoms with van der Waals surface area (Å²) in [5, 5.41) is 1.38. The molecule has 2 N–H and O–H groups in total. The van der Waals surface area contributed by atoms with Gasteiger partial charge in [-0.1, -0.05) is 25.0 Å². The van der Waals surface area contributed by atoms with Crippen molar-refractivity contribution in [3.05, 3.63) is 35.5 Å². The monoisotopic (exact) mass is 271 g/mol. The molecule has 0 bridgehead atoms. The summed E-state index contributed by atoms with van der Waals surface area (Å²) < 4.78 is 2.24. The molecule has 3 heteroatoms. The first-order chi connectivity index (χ1) is 9.78. The van der Waals surface area contributed by atoms with Crippen molar-refractivity contribution >= 4 is 10.9 Å². The Morgan fingerprint density at radius 2 is 1.85 bits per heavy atom. The largest absolute Gasteiger partial charge is 0.350 e. The number of hydrogen-bond acceptors (Lipinski definition) is 2. The predicted molar refractivity (Wildman–Crippen MR) is 84.6 cm³/mol. The van der Waals surface area contributed by atoms with Gasteiger partial charge in [0.1, 0.15) is 0 Å². The van der Waals surface area contributed by atoms with Gasteiger partial charge in [-0.2, -0.15) is 0 Å². The molecular formula is C17H25N3. The lowest BCUT2D eigenvalue weighted by Gasteiger charge is -2.19. The van der Waals surface area contributed by atoms with Crippen molar-refractivity contribution in [3.8, 4) is 0 Å². The molecule has 1 fully saturated rings. The van der Waals surface area contributed by atoms with E-state index < -0.39 is 0 Å². The van der Waals surface area contributed by atoms with Crippen LogP contribution in [0, 0.1) is 0 Å². The van der Waals surface area contributed by atoms with E-state index >= 15 is 0 Å². The Bertz CT molecular complexity index is 577. The first kappa shape index (κ1) is 13.7. The second kappa shape index (κ2) is 5.98. The van der Waals surface area contributed by atoms with Gasteiger partial charge in [0.05, 0.1) is 0 Å². The van der Waals surface area contributed by atoms with Crippen LogP contribution in [-0.2, 0) is 20.1 Å². The van der Waals surface area contributed by atoms with Crippen molar-refractivity contribution in [3.63, 3.8) is 0 Å². The molecule has 0 saturated carbocycles. The first-order valence-electron chi connectivity index (χ1n) is 7.77. The van der Waals surface area contributed by atoms with Gasteiger partial charge in [0.2, 0.25) is 0 Å². The van der Waals surface area contributed by atoms with Gasteiger partial charge in [0.15, 0.2) is 0 Å². The van der Waals surface area contributed by atoms with Crippen molar-refractivity contribution in [2.75, 3.05) is 13.1 Å².